The van der Waals surface area contributed by atoms with Gasteiger partial charge in [0.15, 0.2) is 0 Å². The number of hydrogen-bond acceptors (Lipinski definition) is 9. The Kier molecular flexibility index (Phi) is 21.8. The number of rotatable bonds is 27. The van der Waals surface area contributed by atoms with Crippen LogP contribution in [-0.2, 0) is 37.9 Å². The van der Waals surface area contributed by atoms with Crippen molar-refractivity contribution in [3.8, 4) is 39.8 Å². The Morgan fingerprint density at radius 2 is 0.642 bits per heavy atom. The highest BCUT2D eigenvalue weighted by atomic mass is 127. The van der Waals surface area contributed by atoms with Gasteiger partial charge in [-0.2, -0.15) is 0 Å². The minimum Gasteiger partial charge on any atom is -0.491 e. The summed E-state index contributed by atoms with van der Waals surface area (Å²) in [4.78, 5) is 0. The standard InChI is InChI=1S/C43H51IO9/c1-45-20-21-46-22-23-47-24-25-48-26-27-49-28-29-50-30-31-51-32-33-52-34-35-53-43-18-14-41(15-19-43)39-10-6-37(7-11-39)3-2-36-4-8-38(9-5-36)40-12-16-42(44)17-13-40/h4-19H,20-35H2,1H3. The van der Waals surface area contributed by atoms with Crippen LogP contribution in [-0.4, -0.2) is 113 Å². The van der Waals surface area contributed by atoms with Gasteiger partial charge in [0.05, 0.1) is 99.1 Å². The van der Waals surface area contributed by atoms with Crippen molar-refractivity contribution in [2.75, 3.05) is 113 Å². The molecule has 4 aromatic carbocycles. The van der Waals surface area contributed by atoms with Crippen LogP contribution < -0.4 is 4.74 Å². The predicted octanol–water partition coefficient (Wildman–Crippen LogP) is 7.17. The van der Waals surface area contributed by atoms with E-state index in [0.29, 0.717) is 106 Å². The molecular formula is C43H51IO9. The van der Waals surface area contributed by atoms with Crippen molar-refractivity contribution in [3.63, 3.8) is 0 Å². The van der Waals surface area contributed by atoms with E-state index in [1.807, 2.05) is 12.1 Å². The molecule has 0 heterocycles. The molecule has 284 valence electrons. The zero-order chi connectivity index (χ0) is 37.0. The zero-order valence-corrected chi connectivity index (χ0v) is 32.8. The molecule has 0 saturated heterocycles. The van der Waals surface area contributed by atoms with Crippen molar-refractivity contribution in [1.29, 1.82) is 0 Å². The third kappa shape index (κ3) is 18.5. The first-order chi connectivity index (χ1) is 26.2. The van der Waals surface area contributed by atoms with Gasteiger partial charge >= 0.3 is 0 Å². The molecule has 0 atom stereocenters. The maximum absolute atomic E-state index is 5.84. The summed E-state index contributed by atoms with van der Waals surface area (Å²) in [7, 11) is 1.65. The summed E-state index contributed by atoms with van der Waals surface area (Å²) in [5, 5.41) is 0. The zero-order valence-electron chi connectivity index (χ0n) is 30.6. The molecular weight excluding hydrogens is 787 g/mol. The summed E-state index contributed by atoms with van der Waals surface area (Å²) < 4.78 is 50.4. The molecule has 10 heteroatoms. The van der Waals surface area contributed by atoms with Gasteiger partial charge in [-0.25, -0.2) is 0 Å². The lowest BCUT2D eigenvalue weighted by molar-refractivity contribution is -0.0227. The second-order valence-corrected chi connectivity index (χ2v) is 12.8. The number of methoxy groups -OCH3 is 1. The molecule has 9 nitrogen and oxygen atoms in total. The van der Waals surface area contributed by atoms with Crippen LogP contribution >= 0.6 is 22.6 Å². The highest BCUT2D eigenvalue weighted by Crippen LogP contribution is 2.23. The van der Waals surface area contributed by atoms with Crippen molar-refractivity contribution in [1.82, 2.24) is 0 Å². The predicted molar refractivity (Wildman–Crippen MR) is 216 cm³/mol. The van der Waals surface area contributed by atoms with Crippen LogP contribution in [0.5, 0.6) is 5.75 Å². The van der Waals surface area contributed by atoms with Crippen LogP contribution in [0, 0.1) is 15.4 Å². The maximum atomic E-state index is 5.84. The molecule has 4 rings (SSSR count). The minimum absolute atomic E-state index is 0.466. The van der Waals surface area contributed by atoms with Gasteiger partial charge in [-0.05, 0) is 93.4 Å². The Labute approximate surface area is 328 Å². The minimum atomic E-state index is 0.466. The quantitative estimate of drug-likeness (QED) is 0.0353. The van der Waals surface area contributed by atoms with Crippen LogP contribution in [0.3, 0.4) is 0 Å². The lowest BCUT2D eigenvalue weighted by Gasteiger charge is -2.09. The summed E-state index contributed by atoms with van der Waals surface area (Å²) in [6.45, 7) is 8.37. The largest absolute Gasteiger partial charge is 0.491 e. The Hall–Kier alpha value is -3.35. The number of benzene rings is 4. The summed E-state index contributed by atoms with van der Waals surface area (Å²) in [5.41, 5.74) is 6.61. The highest BCUT2D eigenvalue weighted by Gasteiger charge is 2.01. The topological polar surface area (TPSA) is 83.1 Å². The van der Waals surface area contributed by atoms with Gasteiger partial charge in [-0.1, -0.05) is 60.4 Å². The molecule has 0 aliphatic rings. The van der Waals surface area contributed by atoms with Gasteiger partial charge in [0.2, 0.25) is 0 Å². The molecule has 0 aromatic heterocycles. The Morgan fingerprint density at radius 1 is 0.358 bits per heavy atom. The molecule has 0 fully saturated rings. The summed E-state index contributed by atoms with van der Waals surface area (Å²) in [6, 6.07) is 33.3. The Balaban J connectivity index is 0.951. The SMILES string of the molecule is COCCOCCOCCOCCOCCOCCOCCOCCOc1ccc(-c2ccc(C#Cc3ccc(-c4ccc(I)cc4)cc3)cc2)cc1. The van der Waals surface area contributed by atoms with Crippen LogP contribution in [0.4, 0.5) is 0 Å². The fourth-order valence-corrected chi connectivity index (χ4v) is 5.16. The molecule has 0 unspecified atom stereocenters. The number of ether oxygens (including phenoxy) is 9. The third-order valence-corrected chi connectivity index (χ3v) is 8.37. The second kappa shape index (κ2) is 27.3. The third-order valence-electron chi connectivity index (χ3n) is 7.65. The molecule has 0 bridgehead atoms. The van der Waals surface area contributed by atoms with E-state index in [9.17, 15) is 0 Å². The van der Waals surface area contributed by atoms with E-state index in [1.54, 1.807) is 7.11 Å². The van der Waals surface area contributed by atoms with Gasteiger partial charge in [0.1, 0.15) is 12.4 Å². The molecule has 0 radical (unpaired) electrons. The van der Waals surface area contributed by atoms with Crippen LogP contribution in [0.25, 0.3) is 22.3 Å². The van der Waals surface area contributed by atoms with Crippen LogP contribution in [0.2, 0.25) is 0 Å². The van der Waals surface area contributed by atoms with E-state index in [2.05, 4.69) is 119 Å². The average Bonchev–Trinajstić information content (AvgIpc) is 3.20. The first-order valence-corrected chi connectivity index (χ1v) is 19.0. The molecule has 0 spiro atoms. The molecule has 0 aliphatic heterocycles. The van der Waals surface area contributed by atoms with Gasteiger partial charge in [0, 0.05) is 21.8 Å². The van der Waals surface area contributed by atoms with E-state index >= 15 is 0 Å². The molecule has 0 saturated carbocycles. The van der Waals surface area contributed by atoms with Gasteiger partial charge < -0.3 is 42.6 Å². The summed E-state index contributed by atoms with van der Waals surface area (Å²) in [6.07, 6.45) is 0. The van der Waals surface area contributed by atoms with Crippen LogP contribution in [0.15, 0.2) is 97.1 Å². The first kappa shape index (κ1) is 42.4. The van der Waals surface area contributed by atoms with E-state index in [4.69, 9.17) is 42.6 Å². The Bertz CT molecular complexity index is 1570. The molecule has 53 heavy (non-hydrogen) atoms. The van der Waals surface area contributed by atoms with Crippen molar-refractivity contribution < 1.29 is 42.6 Å². The van der Waals surface area contributed by atoms with E-state index in [0.717, 1.165) is 28.0 Å². The second-order valence-electron chi connectivity index (χ2n) is 11.6. The molecule has 4 aromatic rings. The molecule has 0 N–H and O–H groups in total. The maximum Gasteiger partial charge on any atom is 0.119 e. The van der Waals surface area contributed by atoms with Crippen molar-refractivity contribution in [2.24, 2.45) is 0 Å². The van der Waals surface area contributed by atoms with E-state index in [-0.39, 0.29) is 0 Å². The van der Waals surface area contributed by atoms with Crippen LogP contribution in [0.1, 0.15) is 11.1 Å². The fraction of sp³-hybridized carbons (Fsp3) is 0.395. The molecule has 0 amide bonds. The number of halogens is 1. The fourth-order valence-electron chi connectivity index (χ4n) is 4.80. The van der Waals surface area contributed by atoms with Crippen molar-refractivity contribution in [2.45, 2.75) is 0 Å². The van der Waals surface area contributed by atoms with E-state index < -0.39 is 0 Å². The number of hydrogen-bond donors (Lipinski definition) is 0. The average molecular weight is 839 g/mol. The Morgan fingerprint density at radius 3 is 0.981 bits per heavy atom. The smallest absolute Gasteiger partial charge is 0.119 e. The van der Waals surface area contributed by atoms with Crippen molar-refractivity contribution in [3.05, 3.63) is 112 Å². The lowest BCUT2D eigenvalue weighted by atomic mass is 10.0. The van der Waals surface area contributed by atoms with Crippen molar-refractivity contribution >= 4 is 22.6 Å². The normalized spacial score (nSPS) is 11.0. The monoisotopic (exact) mass is 838 g/mol. The summed E-state index contributed by atoms with van der Waals surface area (Å²) in [5.74, 6) is 7.36. The molecule has 0 aliphatic carbocycles. The lowest BCUT2D eigenvalue weighted by Crippen LogP contribution is -2.15. The van der Waals surface area contributed by atoms with E-state index in [1.165, 1.54) is 14.7 Å². The van der Waals surface area contributed by atoms with Gasteiger partial charge in [-0.3, -0.25) is 0 Å². The van der Waals surface area contributed by atoms with Gasteiger partial charge in [-0.15, -0.1) is 0 Å². The first-order valence-electron chi connectivity index (χ1n) is 18.0. The van der Waals surface area contributed by atoms with Gasteiger partial charge in [0.25, 0.3) is 0 Å². The highest BCUT2D eigenvalue weighted by molar-refractivity contribution is 14.1. The summed E-state index contributed by atoms with van der Waals surface area (Å²) >= 11 is 2.32.